The van der Waals surface area contributed by atoms with Gasteiger partial charge in [0.1, 0.15) is 5.84 Å². The number of nitrogens with two attached hydrogens (primary N) is 1. The van der Waals surface area contributed by atoms with Crippen LogP contribution in [0.4, 0.5) is 17.1 Å². The third kappa shape index (κ3) is 6.96. The average molecular weight is 393 g/mol. The van der Waals surface area contributed by atoms with E-state index in [4.69, 9.17) is 12.2 Å². The Kier molecular flexibility index (Phi) is 8.22. The molecule has 152 valence electrons. The maximum Gasteiger partial charge on any atom is 0.238 e. The summed E-state index contributed by atoms with van der Waals surface area (Å²) in [7, 11) is 5.78. The maximum absolute atomic E-state index is 12.2. The second-order valence-electron chi connectivity index (χ2n) is 6.73. The lowest BCUT2D eigenvalue weighted by molar-refractivity contribution is -0.115. The number of terminal acetylenes is 1. The molecule has 0 fully saturated rings. The lowest BCUT2D eigenvalue weighted by atomic mass is 10.1. The summed E-state index contributed by atoms with van der Waals surface area (Å²) < 4.78 is 0. The fourth-order valence-electron chi connectivity index (χ4n) is 2.63. The van der Waals surface area contributed by atoms with E-state index in [1.165, 1.54) is 0 Å². The summed E-state index contributed by atoms with van der Waals surface area (Å²) in [6, 6.07) is 12.8. The maximum atomic E-state index is 12.2. The van der Waals surface area contributed by atoms with E-state index in [0.717, 1.165) is 24.3 Å². The van der Waals surface area contributed by atoms with Gasteiger partial charge in [-0.15, -0.1) is 6.42 Å². The molecule has 0 heterocycles. The predicted octanol–water partition coefficient (Wildman–Crippen LogP) is 1.84. The van der Waals surface area contributed by atoms with Gasteiger partial charge in [-0.1, -0.05) is 12.0 Å². The molecule has 2 aromatic carbocycles. The van der Waals surface area contributed by atoms with Gasteiger partial charge in [0.2, 0.25) is 5.91 Å². The predicted molar refractivity (Wildman–Crippen MR) is 121 cm³/mol. The van der Waals surface area contributed by atoms with E-state index in [0.29, 0.717) is 22.8 Å². The minimum atomic E-state index is -0.121. The van der Waals surface area contributed by atoms with Crippen LogP contribution in [0.3, 0.4) is 0 Å². The molecule has 1 amide bonds. The average Bonchev–Trinajstić information content (AvgIpc) is 2.71. The van der Waals surface area contributed by atoms with E-state index in [1.807, 2.05) is 44.4 Å². The Hall–Kier alpha value is -3.34. The minimum Gasteiger partial charge on any atom is -0.388 e. The number of nitrogens with one attached hydrogen (secondary N) is 3. The second kappa shape index (κ2) is 10.9. The Labute approximate surface area is 172 Å². The monoisotopic (exact) mass is 392 g/mol. The molecule has 29 heavy (non-hydrogen) atoms. The number of benzene rings is 2. The molecule has 5 N–H and O–H groups in total. The van der Waals surface area contributed by atoms with Gasteiger partial charge in [0.25, 0.3) is 0 Å². The Bertz CT molecular complexity index is 914. The van der Waals surface area contributed by atoms with Crippen molar-refractivity contribution >= 4 is 28.8 Å². The van der Waals surface area contributed by atoms with Crippen LogP contribution in [0.5, 0.6) is 0 Å². The van der Waals surface area contributed by atoms with Crippen LogP contribution in [0.15, 0.2) is 47.5 Å². The molecule has 2 aromatic rings. The van der Waals surface area contributed by atoms with Gasteiger partial charge < -0.3 is 26.6 Å². The van der Waals surface area contributed by atoms with Gasteiger partial charge in [0, 0.05) is 42.6 Å². The summed E-state index contributed by atoms with van der Waals surface area (Å²) in [6.07, 6.45) is 5.44. The van der Waals surface area contributed by atoms with Gasteiger partial charge in [0.05, 0.1) is 12.2 Å². The first-order valence-corrected chi connectivity index (χ1v) is 9.31. The van der Waals surface area contributed by atoms with Crippen molar-refractivity contribution in [3.05, 3.63) is 53.6 Å². The van der Waals surface area contributed by atoms with Crippen LogP contribution in [-0.4, -0.2) is 57.4 Å². The lowest BCUT2D eigenvalue weighted by Crippen LogP contribution is -2.33. The third-order valence-electron chi connectivity index (χ3n) is 4.13. The van der Waals surface area contributed by atoms with Crippen molar-refractivity contribution in [1.29, 1.82) is 0 Å². The Balaban J connectivity index is 2.14. The molecule has 2 rings (SSSR count). The van der Waals surface area contributed by atoms with Crippen molar-refractivity contribution in [2.75, 3.05) is 51.4 Å². The number of rotatable bonds is 9. The minimum absolute atomic E-state index is 0.121. The largest absolute Gasteiger partial charge is 0.388 e. The highest BCUT2D eigenvalue weighted by Crippen LogP contribution is 2.22. The van der Waals surface area contributed by atoms with Crippen LogP contribution in [0.2, 0.25) is 0 Å². The topological polar surface area (TPSA) is 94.8 Å². The molecule has 7 heteroatoms. The highest BCUT2D eigenvalue weighted by molar-refractivity contribution is 6.05. The van der Waals surface area contributed by atoms with Gasteiger partial charge >= 0.3 is 0 Å². The molecule has 7 nitrogen and oxygen atoms in total. The molecule has 0 aromatic heterocycles. The van der Waals surface area contributed by atoms with E-state index < -0.39 is 0 Å². The van der Waals surface area contributed by atoms with Crippen LogP contribution in [-0.2, 0) is 4.79 Å². The zero-order valence-electron chi connectivity index (χ0n) is 17.1. The molecule has 0 aliphatic rings. The Morgan fingerprint density at radius 1 is 1.24 bits per heavy atom. The smallest absolute Gasteiger partial charge is 0.238 e. The van der Waals surface area contributed by atoms with Gasteiger partial charge in [-0.05, 0) is 50.5 Å². The number of nitrogens with zero attached hydrogens (tertiary/aromatic N) is 2. The normalized spacial score (nSPS) is 11.2. The summed E-state index contributed by atoms with van der Waals surface area (Å²) in [6.45, 7) is 1.84. The summed E-state index contributed by atoms with van der Waals surface area (Å²) in [5.41, 5.74) is 9.79. The van der Waals surface area contributed by atoms with Crippen molar-refractivity contribution < 1.29 is 4.79 Å². The molecule has 0 aliphatic heterocycles. The van der Waals surface area contributed by atoms with Crippen molar-refractivity contribution in [1.82, 2.24) is 10.2 Å². The molecule has 0 atom stereocenters. The van der Waals surface area contributed by atoms with Crippen LogP contribution >= 0.6 is 0 Å². The van der Waals surface area contributed by atoms with Gasteiger partial charge in [-0.2, -0.15) is 0 Å². The molecule has 0 saturated carbocycles. The van der Waals surface area contributed by atoms with E-state index in [-0.39, 0.29) is 12.5 Å². The summed E-state index contributed by atoms with van der Waals surface area (Å²) >= 11 is 0. The van der Waals surface area contributed by atoms with Crippen molar-refractivity contribution in [2.45, 2.75) is 0 Å². The molecule has 0 radical (unpaired) electrons. The summed E-state index contributed by atoms with van der Waals surface area (Å²) in [5, 5.41) is 9.08. The summed E-state index contributed by atoms with van der Waals surface area (Å²) in [5.74, 6) is 2.78. The molecule has 0 aliphatic carbocycles. The quantitative estimate of drug-likeness (QED) is 0.226. The molecule has 0 spiro atoms. The molecule has 0 bridgehead atoms. The van der Waals surface area contributed by atoms with Crippen molar-refractivity contribution in [3.63, 3.8) is 0 Å². The molecule has 0 saturated heterocycles. The first kappa shape index (κ1) is 22.0. The number of aliphatic imine (C=N–C) groups is 1. The highest BCUT2D eigenvalue weighted by Gasteiger charge is 2.09. The van der Waals surface area contributed by atoms with E-state index in [9.17, 15) is 4.79 Å². The number of amides is 1. The van der Waals surface area contributed by atoms with Gasteiger partial charge in [-0.25, -0.2) is 4.99 Å². The number of likely N-dealkylation sites (N-methyl/N-ethyl adjacent to an activating group) is 1. The SMILES string of the molecule is C#Cc1cccc(N=C(N)c2cc(NC(=O)CNCCN(C)C)ccc2NC)c1. The molecule has 0 unspecified atom stereocenters. The standard InChI is InChI=1S/C22H28N6O/c1-5-16-7-6-8-17(13-16)27-22(23)19-14-18(9-10-20(19)24-2)26-21(29)15-25-11-12-28(3)4/h1,6-10,13-14,24-25H,11-12,15H2,2-4H3,(H2,23,27)(H,26,29). The lowest BCUT2D eigenvalue weighted by Gasteiger charge is -2.13. The number of carbonyl (C=O) groups excluding carboxylic acids is 1. The van der Waals surface area contributed by atoms with E-state index in [1.54, 1.807) is 19.2 Å². The highest BCUT2D eigenvalue weighted by atomic mass is 16.1. The van der Waals surface area contributed by atoms with Crippen molar-refractivity contribution in [2.24, 2.45) is 10.7 Å². The van der Waals surface area contributed by atoms with Crippen LogP contribution in [0.1, 0.15) is 11.1 Å². The molecular formula is C22H28N6O. The van der Waals surface area contributed by atoms with E-state index >= 15 is 0 Å². The van der Waals surface area contributed by atoms with Gasteiger partial charge in [-0.3, -0.25) is 4.79 Å². The zero-order chi connectivity index (χ0) is 21.2. The van der Waals surface area contributed by atoms with Crippen LogP contribution < -0.4 is 21.7 Å². The van der Waals surface area contributed by atoms with E-state index in [2.05, 4.69) is 31.8 Å². The first-order chi connectivity index (χ1) is 13.9. The second-order valence-corrected chi connectivity index (χ2v) is 6.73. The Morgan fingerprint density at radius 3 is 2.72 bits per heavy atom. The number of anilines is 2. The summed E-state index contributed by atoms with van der Waals surface area (Å²) in [4.78, 5) is 18.7. The van der Waals surface area contributed by atoms with Gasteiger partial charge in [0.15, 0.2) is 0 Å². The number of hydrogen-bond acceptors (Lipinski definition) is 5. The zero-order valence-corrected chi connectivity index (χ0v) is 17.1. The number of carbonyl (C=O) groups is 1. The number of hydrogen-bond donors (Lipinski definition) is 4. The fraction of sp³-hybridized carbons (Fsp3) is 0.273. The van der Waals surface area contributed by atoms with Crippen LogP contribution in [0, 0.1) is 12.3 Å². The first-order valence-electron chi connectivity index (χ1n) is 9.31. The van der Waals surface area contributed by atoms with Crippen LogP contribution in [0.25, 0.3) is 0 Å². The third-order valence-corrected chi connectivity index (χ3v) is 4.13. The number of amidine groups is 1. The molecular weight excluding hydrogens is 364 g/mol. The Morgan fingerprint density at radius 2 is 2.03 bits per heavy atom. The fourth-order valence-corrected chi connectivity index (χ4v) is 2.63. The van der Waals surface area contributed by atoms with Crippen molar-refractivity contribution in [3.8, 4) is 12.3 Å².